The summed E-state index contributed by atoms with van der Waals surface area (Å²) in [5.41, 5.74) is 1.34. The molecule has 1 aliphatic rings. The minimum Gasteiger partial charge on any atom is -0.320 e. The highest BCUT2D eigenvalue weighted by Crippen LogP contribution is 2.45. The maximum Gasteiger partial charge on any atom is 0.140 e. The van der Waals surface area contributed by atoms with Crippen LogP contribution in [0, 0.1) is 11.8 Å². The van der Waals surface area contributed by atoms with Crippen LogP contribution in [-0.2, 0) is 7.05 Å². The highest BCUT2D eigenvalue weighted by atomic mass is 79.9. The van der Waals surface area contributed by atoms with E-state index in [0.29, 0.717) is 11.8 Å². The topological polar surface area (TPSA) is 30.7 Å². The number of hydrogen-bond acceptors (Lipinski definition) is 2. The van der Waals surface area contributed by atoms with Crippen LogP contribution in [0.5, 0.6) is 0 Å². The Kier molecular flexibility index (Phi) is 3.44. The SMILES string of the molecule is CC1CC(C(c2cccc(Br)c2)c2nncn2C)C1. The van der Waals surface area contributed by atoms with Crippen LogP contribution in [0.25, 0.3) is 0 Å². The Morgan fingerprint density at radius 1 is 1.37 bits per heavy atom. The number of rotatable bonds is 3. The number of halogens is 1. The molecule has 0 N–H and O–H groups in total. The molecular weight excluding hydrogens is 302 g/mol. The normalized spacial score (nSPS) is 23.9. The molecule has 2 aromatic rings. The molecule has 1 atom stereocenters. The summed E-state index contributed by atoms with van der Waals surface area (Å²) in [6.45, 7) is 2.32. The highest BCUT2D eigenvalue weighted by Gasteiger charge is 2.36. The van der Waals surface area contributed by atoms with E-state index in [1.807, 2.05) is 7.05 Å². The molecule has 1 aromatic carbocycles. The molecular formula is C15H18BrN3. The molecule has 1 aliphatic carbocycles. The lowest BCUT2D eigenvalue weighted by Gasteiger charge is -2.38. The molecule has 1 saturated carbocycles. The fourth-order valence-corrected chi connectivity index (χ4v) is 3.56. The van der Waals surface area contributed by atoms with Crippen LogP contribution in [0.3, 0.4) is 0 Å². The van der Waals surface area contributed by atoms with Crippen LogP contribution in [0.2, 0.25) is 0 Å². The number of aromatic nitrogens is 3. The van der Waals surface area contributed by atoms with Gasteiger partial charge in [-0.15, -0.1) is 10.2 Å². The maximum atomic E-state index is 4.35. The van der Waals surface area contributed by atoms with Crippen molar-refractivity contribution in [3.8, 4) is 0 Å². The fraction of sp³-hybridized carbons (Fsp3) is 0.467. The van der Waals surface area contributed by atoms with Gasteiger partial charge in [0.2, 0.25) is 0 Å². The Morgan fingerprint density at radius 2 is 2.16 bits per heavy atom. The summed E-state index contributed by atoms with van der Waals surface area (Å²) in [5, 5.41) is 8.40. The fourth-order valence-electron chi connectivity index (χ4n) is 3.14. The minimum atomic E-state index is 0.362. The summed E-state index contributed by atoms with van der Waals surface area (Å²) in [6, 6.07) is 8.58. The van der Waals surface area contributed by atoms with Gasteiger partial charge in [-0.3, -0.25) is 0 Å². The lowest BCUT2D eigenvalue weighted by atomic mass is 9.67. The summed E-state index contributed by atoms with van der Waals surface area (Å²) in [6.07, 6.45) is 4.36. The summed E-state index contributed by atoms with van der Waals surface area (Å²) < 4.78 is 3.18. The van der Waals surface area contributed by atoms with Crippen molar-refractivity contribution in [1.29, 1.82) is 0 Å². The zero-order valence-electron chi connectivity index (χ0n) is 11.3. The molecule has 100 valence electrons. The van der Waals surface area contributed by atoms with Crippen molar-refractivity contribution in [1.82, 2.24) is 14.8 Å². The van der Waals surface area contributed by atoms with E-state index < -0.39 is 0 Å². The molecule has 0 radical (unpaired) electrons. The molecule has 0 spiro atoms. The van der Waals surface area contributed by atoms with Gasteiger partial charge in [-0.1, -0.05) is 35.0 Å². The Labute approximate surface area is 122 Å². The Hall–Kier alpha value is -1.16. The number of hydrogen-bond donors (Lipinski definition) is 0. The quantitative estimate of drug-likeness (QED) is 0.862. The van der Waals surface area contributed by atoms with E-state index >= 15 is 0 Å². The smallest absolute Gasteiger partial charge is 0.140 e. The van der Waals surface area contributed by atoms with E-state index in [0.717, 1.165) is 16.2 Å². The van der Waals surface area contributed by atoms with Gasteiger partial charge >= 0.3 is 0 Å². The van der Waals surface area contributed by atoms with Crippen LogP contribution in [0.1, 0.15) is 37.1 Å². The zero-order valence-corrected chi connectivity index (χ0v) is 12.8. The molecule has 1 heterocycles. The number of nitrogens with zero attached hydrogens (tertiary/aromatic N) is 3. The minimum absolute atomic E-state index is 0.362. The largest absolute Gasteiger partial charge is 0.320 e. The lowest BCUT2D eigenvalue weighted by molar-refractivity contribution is 0.185. The van der Waals surface area contributed by atoms with Crippen LogP contribution in [0.4, 0.5) is 0 Å². The molecule has 3 nitrogen and oxygen atoms in total. The van der Waals surface area contributed by atoms with Crippen molar-refractivity contribution < 1.29 is 0 Å². The first kappa shape index (κ1) is 12.9. The van der Waals surface area contributed by atoms with Crippen molar-refractivity contribution in [2.24, 2.45) is 18.9 Å². The van der Waals surface area contributed by atoms with Gasteiger partial charge in [-0.05, 0) is 42.4 Å². The van der Waals surface area contributed by atoms with Gasteiger partial charge in [0, 0.05) is 17.4 Å². The van der Waals surface area contributed by atoms with Crippen molar-refractivity contribution in [2.45, 2.75) is 25.7 Å². The second kappa shape index (κ2) is 5.08. The third-order valence-corrected chi connectivity index (χ3v) is 4.61. The van der Waals surface area contributed by atoms with Gasteiger partial charge in [0.25, 0.3) is 0 Å². The van der Waals surface area contributed by atoms with Gasteiger partial charge < -0.3 is 4.57 Å². The first-order chi connectivity index (χ1) is 9.15. The van der Waals surface area contributed by atoms with Crippen LogP contribution in [-0.4, -0.2) is 14.8 Å². The molecule has 19 heavy (non-hydrogen) atoms. The molecule has 0 bridgehead atoms. The van der Waals surface area contributed by atoms with Crippen LogP contribution < -0.4 is 0 Å². The summed E-state index contributed by atoms with van der Waals surface area (Å²) >= 11 is 3.57. The predicted octanol–water partition coefficient (Wildman–Crippen LogP) is 3.76. The molecule has 1 fully saturated rings. The molecule has 1 aromatic heterocycles. The summed E-state index contributed by atoms with van der Waals surface area (Å²) in [7, 11) is 2.03. The maximum absolute atomic E-state index is 4.35. The van der Waals surface area contributed by atoms with Crippen molar-refractivity contribution >= 4 is 15.9 Å². The van der Waals surface area contributed by atoms with Crippen molar-refractivity contribution in [2.75, 3.05) is 0 Å². The van der Waals surface area contributed by atoms with Gasteiger partial charge in [0.1, 0.15) is 12.2 Å². The van der Waals surface area contributed by atoms with Crippen molar-refractivity contribution in [3.05, 3.63) is 46.5 Å². The van der Waals surface area contributed by atoms with E-state index in [2.05, 4.69) is 61.9 Å². The molecule has 0 saturated heterocycles. The molecule has 1 unspecified atom stereocenters. The van der Waals surface area contributed by atoms with E-state index in [-0.39, 0.29) is 0 Å². The predicted molar refractivity (Wildman–Crippen MR) is 78.9 cm³/mol. The van der Waals surface area contributed by atoms with Gasteiger partial charge in [-0.25, -0.2) is 0 Å². The third kappa shape index (κ3) is 2.46. The molecule has 4 heteroatoms. The average molecular weight is 320 g/mol. The first-order valence-corrected chi connectivity index (χ1v) is 7.54. The van der Waals surface area contributed by atoms with E-state index in [1.165, 1.54) is 18.4 Å². The highest BCUT2D eigenvalue weighted by molar-refractivity contribution is 9.10. The van der Waals surface area contributed by atoms with E-state index in [9.17, 15) is 0 Å². The number of aryl methyl sites for hydroxylation is 1. The molecule has 3 rings (SSSR count). The third-order valence-electron chi connectivity index (χ3n) is 4.11. The Balaban J connectivity index is 1.99. The van der Waals surface area contributed by atoms with Crippen LogP contribution >= 0.6 is 15.9 Å². The first-order valence-electron chi connectivity index (χ1n) is 6.74. The second-order valence-electron chi connectivity index (χ2n) is 5.67. The van der Waals surface area contributed by atoms with E-state index in [4.69, 9.17) is 0 Å². The van der Waals surface area contributed by atoms with Gasteiger partial charge in [0.05, 0.1) is 0 Å². The molecule has 0 aliphatic heterocycles. The summed E-state index contributed by atoms with van der Waals surface area (Å²) in [5.74, 6) is 2.97. The Bertz CT molecular complexity index is 572. The Morgan fingerprint density at radius 3 is 2.74 bits per heavy atom. The monoisotopic (exact) mass is 319 g/mol. The standard InChI is InChI=1S/C15H18BrN3/c1-10-6-12(7-10)14(15-18-17-9-19(15)2)11-4-3-5-13(16)8-11/h3-5,8-10,12,14H,6-7H2,1-2H3. The van der Waals surface area contributed by atoms with E-state index in [1.54, 1.807) is 6.33 Å². The molecule has 0 amide bonds. The van der Waals surface area contributed by atoms with Gasteiger partial charge in [-0.2, -0.15) is 0 Å². The number of benzene rings is 1. The summed E-state index contributed by atoms with van der Waals surface area (Å²) in [4.78, 5) is 0. The second-order valence-corrected chi connectivity index (χ2v) is 6.59. The zero-order chi connectivity index (χ0) is 13.4. The van der Waals surface area contributed by atoms with Gasteiger partial charge in [0.15, 0.2) is 0 Å². The van der Waals surface area contributed by atoms with Crippen LogP contribution in [0.15, 0.2) is 35.1 Å². The lowest BCUT2D eigenvalue weighted by Crippen LogP contribution is -2.29. The average Bonchev–Trinajstić information content (AvgIpc) is 2.74. The van der Waals surface area contributed by atoms with Crippen molar-refractivity contribution in [3.63, 3.8) is 0 Å².